The molecule has 162 valence electrons. The summed E-state index contributed by atoms with van der Waals surface area (Å²) in [6, 6.07) is 10.3. The van der Waals surface area contributed by atoms with Crippen LogP contribution in [0.3, 0.4) is 0 Å². The molecule has 4 aliphatic rings. The minimum Gasteiger partial charge on any atom is -0.468 e. The summed E-state index contributed by atoms with van der Waals surface area (Å²) in [7, 11) is 3.31. The van der Waals surface area contributed by atoms with E-state index in [0.29, 0.717) is 43.5 Å². The van der Waals surface area contributed by atoms with Crippen molar-refractivity contribution >= 4 is 5.97 Å². The maximum Gasteiger partial charge on any atom is 0.317 e. The predicted molar refractivity (Wildman–Crippen MR) is 115 cm³/mol. The van der Waals surface area contributed by atoms with Crippen molar-refractivity contribution in [3.8, 4) is 0 Å². The van der Waals surface area contributed by atoms with Gasteiger partial charge in [-0.05, 0) is 48.5 Å². The van der Waals surface area contributed by atoms with Crippen molar-refractivity contribution in [3.05, 3.63) is 48.0 Å². The Bertz CT molecular complexity index is 835. The number of carbonyl (C=O) groups excluding carboxylic acids is 1. The Morgan fingerprint density at radius 2 is 1.87 bits per heavy atom. The third-order valence-corrected chi connectivity index (χ3v) is 9.31. The fourth-order valence-corrected chi connectivity index (χ4v) is 8.23. The number of hydrogen-bond donors (Lipinski definition) is 0. The van der Waals surface area contributed by atoms with Crippen LogP contribution in [0.15, 0.2) is 42.5 Å². The summed E-state index contributed by atoms with van der Waals surface area (Å²) in [6.45, 7) is 4.19. The molecular formula is C26H34O4. The number of fused-ring (bicyclic) bond motifs is 2. The highest BCUT2D eigenvalue weighted by atomic mass is 16.5. The Hall–Kier alpha value is -1.65. The van der Waals surface area contributed by atoms with Gasteiger partial charge in [0.2, 0.25) is 0 Å². The Kier molecular flexibility index (Phi) is 4.86. The van der Waals surface area contributed by atoms with E-state index in [1.165, 1.54) is 18.4 Å². The molecule has 0 spiro atoms. The summed E-state index contributed by atoms with van der Waals surface area (Å²) in [6.07, 6.45) is 8.98. The van der Waals surface area contributed by atoms with Crippen molar-refractivity contribution in [3.63, 3.8) is 0 Å². The van der Waals surface area contributed by atoms with Gasteiger partial charge in [-0.1, -0.05) is 55.8 Å². The second kappa shape index (κ2) is 7.20. The molecule has 0 saturated heterocycles. The molecule has 0 aliphatic heterocycles. The lowest BCUT2D eigenvalue weighted by atomic mass is 9.45. The first-order valence-corrected chi connectivity index (χ1v) is 11.4. The van der Waals surface area contributed by atoms with Crippen LogP contribution in [0.5, 0.6) is 0 Å². The van der Waals surface area contributed by atoms with Crippen molar-refractivity contribution in [1.82, 2.24) is 0 Å². The molecule has 4 bridgehead atoms. The van der Waals surface area contributed by atoms with E-state index >= 15 is 0 Å². The number of methoxy groups -OCH3 is 2. The van der Waals surface area contributed by atoms with E-state index in [4.69, 9.17) is 14.2 Å². The molecule has 1 aromatic carbocycles. The normalized spacial score (nSPS) is 43.0. The Morgan fingerprint density at radius 1 is 1.07 bits per heavy atom. The SMILES string of the molecule is COC[C@@]12C[C@@H]3[C@H](C)CC[C@H]3[C@@]3(COCc4ccccc4)C[C@@H]1C=C[C@]32C(=O)OC. The van der Waals surface area contributed by atoms with E-state index in [2.05, 4.69) is 31.2 Å². The standard InChI is InChI=1S/C26H34O4/c1-18-9-10-22-21(18)14-24(16-28-2)20-11-12-26(24,23(27)29-3)25(22,13-20)17-30-15-19-7-5-4-6-8-19/h4-8,11-12,18,20-22H,9-10,13-17H2,1-3H3/t18-,20+,21-,22-,24+,25+,26-/m1/s1. The maximum absolute atomic E-state index is 13.6. The van der Waals surface area contributed by atoms with Crippen LogP contribution in [0.2, 0.25) is 0 Å². The van der Waals surface area contributed by atoms with Gasteiger partial charge in [0.05, 0.1) is 26.9 Å². The first kappa shape index (κ1) is 20.3. The topological polar surface area (TPSA) is 44.8 Å². The zero-order valence-electron chi connectivity index (χ0n) is 18.4. The van der Waals surface area contributed by atoms with Crippen LogP contribution in [0.25, 0.3) is 0 Å². The molecule has 4 heteroatoms. The van der Waals surface area contributed by atoms with Crippen LogP contribution in [-0.4, -0.2) is 33.4 Å². The molecule has 3 fully saturated rings. The molecule has 7 atom stereocenters. The molecule has 1 aromatic rings. The van der Waals surface area contributed by atoms with E-state index in [9.17, 15) is 4.79 Å². The van der Waals surface area contributed by atoms with Gasteiger partial charge in [0.15, 0.2) is 0 Å². The number of carbonyl (C=O) groups is 1. The van der Waals surface area contributed by atoms with Crippen LogP contribution in [-0.2, 0) is 25.6 Å². The minimum atomic E-state index is -0.642. The van der Waals surface area contributed by atoms with E-state index in [0.717, 1.165) is 12.8 Å². The summed E-state index contributed by atoms with van der Waals surface area (Å²) in [5.41, 5.74) is 0.123. The summed E-state index contributed by atoms with van der Waals surface area (Å²) in [5, 5.41) is 0. The van der Waals surface area contributed by atoms with Crippen LogP contribution >= 0.6 is 0 Å². The molecule has 5 rings (SSSR count). The van der Waals surface area contributed by atoms with Gasteiger partial charge in [-0.3, -0.25) is 4.79 Å². The molecular weight excluding hydrogens is 376 g/mol. The molecule has 0 N–H and O–H groups in total. The maximum atomic E-state index is 13.6. The monoisotopic (exact) mass is 410 g/mol. The Balaban J connectivity index is 1.56. The highest BCUT2D eigenvalue weighted by Gasteiger charge is 2.81. The average Bonchev–Trinajstić information content (AvgIpc) is 3.33. The van der Waals surface area contributed by atoms with Gasteiger partial charge in [0.1, 0.15) is 5.41 Å². The van der Waals surface area contributed by atoms with E-state index in [1.807, 2.05) is 18.2 Å². The van der Waals surface area contributed by atoms with Crippen LogP contribution in [0.1, 0.15) is 38.2 Å². The number of rotatable bonds is 7. The fraction of sp³-hybridized carbons (Fsp3) is 0.654. The van der Waals surface area contributed by atoms with Crippen LogP contribution in [0, 0.1) is 39.9 Å². The quantitative estimate of drug-likeness (QED) is 0.485. The van der Waals surface area contributed by atoms with Gasteiger partial charge in [-0.2, -0.15) is 0 Å². The highest BCUT2D eigenvalue weighted by Crippen LogP contribution is 2.80. The second-order valence-electron chi connectivity index (χ2n) is 10.2. The van der Waals surface area contributed by atoms with E-state index in [-0.39, 0.29) is 16.8 Å². The van der Waals surface area contributed by atoms with Gasteiger partial charge >= 0.3 is 5.97 Å². The molecule has 0 unspecified atom stereocenters. The fourth-order valence-electron chi connectivity index (χ4n) is 8.23. The average molecular weight is 411 g/mol. The number of ether oxygens (including phenoxy) is 3. The summed E-state index contributed by atoms with van der Waals surface area (Å²) >= 11 is 0. The lowest BCUT2D eigenvalue weighted by Gasteiger charge is -2.58. The third kappa shape index (κ3) is 2.38. The van der Waals surface area contributed by atoms with Gasteiger partial charge in [0, 0.05) is 17.9 Å². The molecule has 0 heterocycles. The van der Waals surface area contributed by atoms with Crippen molar-refractivity contribution in [2.75, 3.05) is 27.4 Å². The lowest BCUT2D eigenvalue weighted by molar-refractivity contribution is -0.194. The predicted octanol–water partition coefficient (Wildman–Crippen LogP) is 4.64. The molecule has 0 amide bonds. The summed E-state index contributed by atoms with van der Waals surface area (Å²) in [5.74, 6) is 2.09. The summed E-state index contributed by atoms with van der Waals surface area (Å²) in [4.78, 5) is 13.6. The molecule has 0 radical (unpaired) electrons. The van der Waals surface area contributed by atoms with Crippen LogP contribution < -0.4 is 0 Å². The molecule has 4 nitrogen and oxygen atoms in total. The van der Waals surface area contributed by atoms with Gasteiger partial charge in [0.25, 0.3) is 0 Å². The third-order valence-electron chi connectivity index (χ3n) is 9.31. The van der Waals surface area contributed by atoms with Crippen molar-refractivity contribution < 1.29 is 19.0 Å². The van der Waals surface area contributed by atoms with E-state index in [1.54, 1.807) is 14.2 Å². The number of hydrogen-bond acceptors (Lipinski definition) is 4. The first-order valence-electron chi connectivity index (χ1n) is 11.4. The summed E-state index contributed by atoms with van der Waals surface area (Å²) < 4.78 is 17.8. The second-order valence-corrected chi connectivity index (χ2v) is 10.2. The molecule has 4 aliphatic carbocycles. The minimum absolute atomic E-state index is 0.0860. The Morgan fingerprint density at radius 3 is 2.60 bits per heavy atom. The smallest absolute Gasteiger partial charge is 0.317 e. The van der Waals surface area contributed by atoms with Gasteiger partial charge in [-0.25, -0.2) is 0 Å². The van der Waals surface area contributed by atoms with Crippen molar-refractivity contribution in [2.45, 2.75) is 39.2 Å². The van der Waals surface area contributed by atoms with Crippen molar-refractivity contribution in [2.24, 2.45) is 39.9 Å². The largest absolute Gasteiger partial charge is 0.468 e. The van der Waals surface area contributed by atoms with Crippen molar-refractivity contribution in [1.29, 1.82) is 0 Å². The molecule has 30 heavy (non-hydrogen) atoms. The van der Waals surface area contributed by atoms with E-state index < -0.39 is 5.41 Å². The highest BCUT2D eigenvalue weighted by molar-refractivity contribution is 5.84. The van der Waals surface area contributed by atoms with Gasteiger partial charge in [-0.15, -0.1) is 0 Å². The number of benzene rings is 1. The number of allylic oxidation sites excluding steroid dienone is 1. The number of esters is 1. The lowest BCUT2D eigenvalue weighted by Crippen LogP contribution is -2.62. The molecule has 3 saturated carbocycles. The molecule has 0 aromatic heterocycles. The Labute approximate surface area is 180 Å². The zero-order valence-corrected chi connectivity index (χ0v) is 18.4. The van der Waals surface area contributed by atoms with Gasteiger partial charge < -0.3 is 14.2 Å². The van der Waals surface area contributed by atoms with Crippen LogP contribution in [0.4, 0.5) is 0 Å². The first-order chi connectivity index (χ1) is 14.5. The zero-order chi connectivity index (χ0) is 21.0.